The normalized spacial score (nSPS) is 10.5. The van der Waals surface area contributed by atoms with Crippen molar-refractivity contribution in [2.75, 3.05) is 5.32 Å². The second-order valence-corrected chi connectivity index (χ2v) is 3.95. The molecule has 0 spiro atoms. The van der Waals surface area contributed by atoms with E-state index in [1.807, 2.05) is 0 Å². The van der Waals surface area contributed by atoms with E-state index < -0.39 is 10.8 Å². The van der Waals surface area contributed by atoms with E-state index in [-0.39, 0.29) is 11.4 Å². The van der Waals surface area contributed by atoms with Crippen LogP contribution in [0.5, 0.6) is 0 Å². The fourth-order valence-electron chi connectivity index (χ4n) is 1.61. The number of amides is 1. The highest BCUT2D eigenvalue weighted by molar-refractivity contribution is 6.05. The van der Waals surface area contributed by atoms with Crippen LogP contribution in [0, 0.1) is 24.0 Å². The predicted molar refractivity (Wildman–Crippen MR) is 63.8 cm³/mol. The number of aromatic nitrogens is 3. The lowest BCUT2D eigenvalue weighted by atomic mass is 10.3. The molecule has 9 heteroatoms. The highest BCUT2D eigenvalue weighted by atomic mass is 16.6. The Hall–Kier alpha value is -2.71. The van der Waals surface area contributed by atoms with Crippen molar-refractivity contribution in [1.82, 2.24) is 14.9 Å². The number of hydrogen-bond donors (Lipinski definition) is 1. The largest absolute Gasteiger partial charge is 0.359 e. The fraction of sp³-hybridized carbons (Fsp3) is 0.300. The Morgan fingerprint density at radius 2 is 2.21 bits per heavy atom. The number of carbonyl (C=O) groups is 1. The monoisotopic (exact) mass is 265 g/mol. The first kappa shape index (κ1) is 12.7. The van der Waals surface area contributed by atoms with Crippen molar-refractivity contribution in [3.8, 4) is 0 Å². The zero-order valence-corrected chi connectivity index (χ0v) is 10.5. The molecule has 1 N–H and O–H groups in total. The molecule has 0 aromatic carbocycles. The average Bonchev–Trinajstić information content (AvgIpc) is 2.87. The smallest absolute Gasteiger partial charge is 0.320 e. The molecule has 1 amide bonds. The van der Waals surface area contributed by atoms with Crippen molar-refractivity contribution in [2.45, 2.75) is 13.8 Å². The number of anilines is 1. The van der Waals surface area contributed by atoms with Gasteiger partial charge in [0.2, 0.25) is 5.69 Å². The second-order valence-electron chi connectivity index (χ2n) is 3.95. The van der Waals surface area contributed by atoms with Crippen LogP contribution in [0.25, 0.3) is 0 Å². The van der Waals surface area contributed by atoms with Crippen molar-refractivity contribution in [1.29, 1.82) is 0 Å². The summed E-state index contributed by atoms with van der Waals surface area (Å²) in [6.07, 6.45) is 1.17. The average molecular weight is 265 g/mol. The molecule has 2 aromatic rings. The molecule has 0 atom stereocenters. The van der Waals surface area contributed by atoms with Gasteiger partial charge in [-0.1, -0.05) is 5.16 Å². The summed E-state index contributed by atoms with van der Waals surface area (Å²) >= 11 is 0. The standard InChI is InChI=1S/C10H11N5O4/c1-5-8(6(2)19-13-5)11-10(16)9-7(15(17)18)4-14(3)12-9/h4H,1-3H3,(H,11,16). The van der Waals surface area contributed by atoms with Crippen LogP contribution in [0.3, 0.4) is 0 Å². The molecule has 0 aliphatic rings. The molecule has 2 heterocycles. The first-order chi connectivity index (χ1) is 8.90. The van der Waals surface area contributed by atoms with Gasteiger partial charge >= 0.3 is 5.69 Å². The van der Waals surface area contributed by atoms with Gasteiger partial charge in [0.1, 0.15) is 17.6 Å². The van der Waals surface area contributed by atoms with Gasteiger partial charge in [-0.2, -0.15) is 5.10 Å². The lowest BCUT2D eigenvalue weighted by Crippen LogP contribution is -2.15. The summed E-state index contributed by atoms with van der Waals surface area (Å²) in [5.74, 6) is -0.258. The minimum absolute atomic E-state index is 0.257. The number of nitrogens with zero attached hydrogens (tertiary/aromatic N) is 4. The number of aryl methyl sites for hydroxylation is 3. The minimum atomic E-state index is -0.679. The minimum Gasteiger partial charge on any atom is -0.359 e. The van der Waals surface area contributed by atoms with Crippen LogP contribution in [-0.4, -0.2) is 25.8 Å². The number of nitro groups is 1. The van der Waals surface area contributed by atoms with Crippen molar-refractivity contribution in [3.05, 3.63) is 33.5 Å². The summed E-state index contributed by atoms with van der Waals surface area (Å²) in [7, 11) is 1.50. The quantitative estimate of drug-likeness (QED) is 0.658. The zero-order valence-electron chi connectivity index (χ0n) is 10.5. The van der Waals surface area contributed by atoms with Gasteiger partial charge in [-0.3, -0.25) is 19.6 Å². The van der Waals surface area contributed by atoms with Gasteiger partial charge in [-0.15, -0.1) is 0 Å². The molecule has 100 valence electrons. The molecule has 0 fully saturated rings. The molecule has 0 unspecified atom stereocenters. The molecule has 2 aromatic heterocycles. The summed E-state index contributed by atoms with van der Waals surface area (Å²) in [5.41, 5.74) is 0.272. The number of hydrogen-bond acceptors (Lipinski definition) is 6. The lowest BCUT2D eigenvalue weighted by molar-refractivity contribution is -0.385. The molecule has 0 saturated carbocycles. The van der Waals surface area contributed by atoms with E-state index >= 15 is 0 Å². The molecule has 0 bridgehead atoms. The highest BCUT2D eigenvalue weighted by Gasteiger charge is 2.26. The third-order valence-corrected chi connectivity index (χ3v) is 2.49. The zero-order chi connectivity index (χ0) is 14.2. The van der Waals surface area contributed by atoms with Crippen LogP contribution in [0.15, 0.2) is 10.7 Å². The number of nitrogens with one attached hydrogen (secondary N) is 1. The first-order valence-electron chi connectivity index (χ1n) is 5.32. The topological polar surface area (TPSA) is 116 Å². The third kappa shape index (κ3) is 2.30. The Labute approximate surface area is 107 Å². The maximum absolute atomic E-state index is 12.0. The SMILES string of the molecule is Cc1noc(C)c1NC(=O)c1nn(C)cc1[N+](=O)[O-]. The van der Waals surface area contributed by atoms with Gasteiger partial charge in [-0.25, -0.2) is 0 Å². The van der Waals surface area contributed by atoms with Crippen molar-refractivity contribution in [3.63, 3.8) is 0 Å². The van der Waals surface area contributed by atoms with E-state index in [9.17, 15) is 14.9 Å². The van der Waals surface area contributed by atoms with Gasteiger partial charge < -0.3 is 9.84 Å². The summed E-state index contributed by atoms with van der Waals surface area (Å²) < 4.78 is 6.10. The Kier molecular flexibility index (Phi) is 3.03. The third-order valence-electron chi connectivity index (χ3n) is 2.49. The fourth-order valence-corrected chi connectivity index (χ4v) is 1.61. The molecule has 19 heavy (non-hydrogen) atoms. The van der Waals surface area contributed by atoms with Crippen LogP contribution in [-0.2, 0) is 7.05 Å². The van der Waals surface area contributed by atoms with Gasteiger partial charge in [0.05, 0.1) is 4.92 Å². The van der Waals surface area contributed by atoms with E-state index in [0.29, 0.717) is 17.1 Å². The summed E-state index contributed by atoms with van der Waals surface area (Å²) in [5, 5.41) is 20.8. The molecule has 2 rings (SSSR count). The Morgan fingerprint density at radius 3 is 2.74 bits per heavy atom. The molecular weight excluding hydrogens is 254 g/mol. The van der Waals surface area contributed by atoms with Gasteiger partial charge in [0.15, 0.2) is 5.76 Å². The molecular formula is C10H11N5O4. The van der Waals surface area contributed by atoms with E-state index in [2.05, 4.69) is 15.6 Å². The first-order valence-corrected chi connectivity index (χ1v) is 5.32. The van der Waals surface area contributed by atoms with E-state index in [4.69, 9.17) is 4.52 Å². The van der Waals surface area contributed by atoms with Crippen LogP contribution in [0.2, 0.25) is 0 Å². The Bertz CT molecular complexity index is 637. The summed E-state index contributed by atoms with van der Waals surface area (Å²) in [6.45, 7) is 3.28. The Morgan fingerprint density at radius 1 is 1.53 bits per heavy atom. The maximum atomic E-state index is 12.0. The Balaban J connectivity index is 2.33. The predicted octanol–water partition coefficient (Wildman–Crippen LogP) is 1.19. The molecule has 0 radical (unpaired) electrons. The number of carbonyl (C=O) groups excluding carboxylic acids is 1. The summed E-state index contributed by atoms with van der Waals surface area (Å²) in [6, 6.07) is 0. The van der Waals surface area contributed by atoms with Gasteiger partial charge in [-0.05, 0) is 13.8 Å². The molecule has 0 aliphatic heterocycles. The van der Waals surface area contributed by atoms with Gasteiger partial charge in [0.25, 0.3) is 5.91 Å². The van der Waals surface area contributed by atoms with Crippen LogP contribution in [0.4, 0.5) is 11.4 Å². The van der Waals surface area contributed by atoms with E-state index in [1.165, 1.54) is 17.9 Å². The van der Waals surface area contributed by atoms with Crippen molar-refractivity contribution in [2.24, 2.45) is 7.05 Å². The highest BCUT2D eigenvalue weighted by Crippen LogP contribution is 2.22. The lowest BCUT2D eigenvalue weighted by Gasteiger charge is -2.01. The van der Waals surface area contributed by atoms with Crippen LogP contribution >= 0.6 is 0 Å². The second kappa shape index (κ2) is 4.52. The number of rotatable bonds is 3. The molecule has 0 saturated heterocycles. The van der Waals surface area contributed by atoms with Crippen LogP contribution in [0.1, 0.15) is 21.9 Å². The van der Waals surface area contributed by atoms with Gasteiger partial charge in [0, 0.05) is 7.05 Å². The molecule has 9 nitrogen and oxygen atoms in total. The van der Waals surface area contributed by atoms with E-state index in [0.717, 1.165) is 0 Å². The van der Waals surface area contributed by atoms with Crippen molar-refractivity contribution < 1.29 is 14.2 Å². The summed E-state index contributed by atoms with van der Waals surface area (Å²) in [4.78, 5) is 22.2. The molecule has 0 aliphatic carbocycles. The van der Waals surface area contributed by atoms with Crippen molar-refractivity contribution >= 4 is 17.3 Å². The van der Waals surface area contributed by atoms with E-state index in [1.54, 1.807) is 13.8 Å². The maximum Gasteiger partial charge on any atom is 0.320 e. The van der Waals surface area contributed by atoms with Crippen LogP contribution < -0.4 is 5.32 Å².